The normalized spacial score (nSPS) is 7.29. The summed E-state index contributed by atoms with van der Waals surface area (Å²) in [5.74, 6) is 18.1. The van der Waals surface area contributed by atoms with Gasteiger partial charge in [0.2, 0.25) is 0 Å². The highest BCUT2D eigenvalue weighted by Gasteiger charge is 1.71. The van der Waals surface area contributed by atoms with Crippen LogP contribution in [0.2, 0.25) is 0 Å². The number of hydrogen-bond acceptors (Lipinski definition) is 0. The van der Waals surface area contributed by atoms with Crippen LogP contribution in [-0.2, 0) is 0 Å². The van der Waals surface area contributed by atoms with Crippen LogP contribution in [0.1, 0.15) is 52.4 Å². The Morgan fingerprint density at radius 3 is 1.29 bits per heavy atom. The fourth-order valence-electron chi connectivity index (χ4n) is 0.765. The molecule has 0 unspecified atom stereocenters. The molecule has 0 amide bonds. The molecular weight excluding hydrogens is 168 g/mol. The maximum absolute atomic E-state index is 3.06. The summed E-state index contributed by atoms with van der Waals surface area (Å²) in [5, 5.41) is 0. The summed E-state index contributed by atoms with van der Waals surface area (Å²) < 4.78 is 0. The molecule has 0 aromatic heterocycles. The second-order valence-corrected chi connectivity index (χ2v) is 2.91. The van der Waals surface area contributed by atoms with Gasteiger partial charge in [-0.25, -0.2) is 0 Å². The van der Waals surface area contributed by atoms with E-state index >= 15 is 0 Å². The Morgan fingerprint density at radius 1 is 0.571 bits per heavy atom. The zero-order chi connectivity index (χ0) is 10.5. The summed E-state index contributed by atoms with van der Waals surface area (Å²) in [6.07, 6.45) is 5.60. The molecule has 0 saturated carbocycles. The molecule has 0 N–H and O–H groups in total. The van der Waals surface area contributed by atoms with Crippen molar-refractivity contribution in [2.24, 2.45) is 0 Å². The van der Waals surface area contributed by atoms with Gasteiger partial charge in [-0.2, -0.15) is 0 Å². The van der Waals surface area contributed by atoms with E-state index in [1.165, 1.54) is 0 Å². The van der Waals surface area contributed by atoms with E-state index in [1.54, 1.807) is 0 Å². The minimum absolute atomic E-state index is 0.690. The number of hydrogen-bond donors (Lipinski definition) is 0. The molecule has 0 atom stereocenters. The molecule has 0 heteroatoms. The quantitative estimate of drug-likeness (QED) is 0.580. The summed E-state index contributed by atoms with van der Waals surface area (Å²) in [4.78, 5) is 0. The fourth-order valence-corrected chi connectivity index (χ4v) is 0.765. The van der Waals surface area contributed by atoms with Crippen molar-refractivity contribution in [3.63, 3.8) is 0 Å². The highest BCUT2D eigenvalue weighted by Crippen LogP contribution is 1.83. The van der Waals surface area contributed by atoms with Gasteiger partial charge < -0.3 is 0 Å². The number of unbranched alkanes of at least 4 members (excludes halogenated alkanes) is 2. The van der Waals surface area contributed by atoms with Crippen LogP contribution >= 0.6 is 0 Å². The Hall–Kier alpha value is -1.32. The van der Waals surface area contributed by atoms with Crippen molar-refractivity contribution in [2.75, 3.05) is 0 Å². The molecule has 0 saturated heterocycles. The molecule has 0 nitrogen and oxygen atoms in total. The van der Waals surface area contributed by atoms with E-state index < -0.39 is 0 Å². The zero-order valence-electron chi connectivity index (χ0n) is 9.24. The third kappa shape index (κ3) is 10.7. The van der Waals surface area contributed by atoms with E-state index in [4.69, 9.17) is 0 Å². The molecular formula is C14H18. The largest absolute Gasteiger partial charge is 0.102 e. The summed E-state index contributed by atoms with van der Waals surface area (Å²) in [6.45, 7) is 4.26. The van der Waals surface area contributed by atoms with E-state index in [0.29, 0.717) is 12.8 Å². The van der Waals surface area contributed by atoms with Crippen molar-refractivity contribution in [3.05, 3.63) is 0 Å². The SMILES string of the molecule is CCCC#CCC#CCC#CCCC. The van der Waals surface area contributed by atoms with Crippen molar-refractivity contribution in [1.29, 1.82) is 0 Å². The Morgan fingerprint density at radius 2 is 0.929 bits per heavy atom. The standard InChI is InChI=1S/C14H18/c1-3-5-7-9-11-13-14-12-10-8-6-4-2/h3-6,11-12H2,1-2H3. The van der Waals surface area contributed by atoms with Crippen molar-refractivity contribution in [1.82, 2.24) is 0 Å². The monoisotopic (exact) mass is 186 g/mol. The van der Waals surface area contributed by atoms with E-state index in [0.717, 1.165) is 25.7 Å². The first-order valence-corrected chi connectivity index (χ1v) is 5.29. The first kappa shape index (κ1) is 12.7. The van der Waals surface area contributed by atoms with Gasteiger partial charge in [-0.05, 0) is 12.8 Å². The predicted octanol–water partition coefficient (Wildman–Crippen LogP) is 3.38. The smallest absolute Gasteiger partial charge is 0.0702 e. The molecule has 0 spiro atoms. The molecule has 0 bridgehead atoms. The lowest BCUT2D eigenvalue weighted by molar-refractivity contribution is 0.982. The van der Waals surface area contributed by atoms with Crippen LogP contribution in [0.3, 0.4) is 0 Å². The second kappa shape index (κ2) is 11.7. The second-order valence-electron chi connectivity index (χ2n) is 2.91. The molecule has 0 aromatic rings. The lowest BCUT2D eigenvalue weighted by Gasteiger charge is -1.77. The Kier molecular flexibility index (Phi) is 10.6. The van der Waals surface area contributed by atoms with Crippen LogP contribution in [0.25, 0.3) is 0 Å². The van der Waals surface area contributed by atoms with Gasteiger partial charge in [0.05, 0.1) is 12.8 Å². The molecule has 0 aliphatic rings. The van der Waals surface area contributed by atoms with Gasteiger partial charge in [0.25, 0.3) is 0 Å². The molecule has 0 aliphatic carbocycles. The van der Waals surface area contributed by atoms with Gasteiger partial charge in [0, 0.05) is 12.8 Å². The van der Waals surface area contributed by atoms with Crippen LogP contribution < -0.4 is 0 Å². The topological polar surface area (TPSA) is 0 Å². The zero-order valence-corrected chi connectivity index (χ0v) is 9.24. The summed E-state index contributed by atoms with van der Waals surface area (Å²) >= 11 is 0. The van der Waals surface area contributed by atoms with E-state index in [1.807, 2.05) is 0 Å². The van der Waals surface area contributed by atoms with E-state index in [9.17, 15) is 0 Å². The lowest BCUT2D eigenvalue weighted by atomic mass is 10.3. The molecule has 14 heavy (non-hydrogen) atoms. The van der Waals surface area contributed by atoms with Crippen LogP contribution in [0.5, 0.6) is 0 Å². The summed E-state index contributed by atoms with van der Waals surface area (Å²) in [6, 6.07) is 0. The van der Waals surface area contributed by atoms with Crippen LogP contribution in [0.15, 0.2) is 0 Å². The summed E-state index contributed by atoms with van der Waals surface area (Å²) in [7, 11) is 0. The Labute approximate surface area is 88.5 Å². The number of rotatable bonds is 2. The van der Waals surface area contributed by atoms with Gasteiger partial charge in [0.1, 0.15) is 0 Å². The van der Waals surface area contributed by atoms with Crippen LogP contribution in [-0.4, -0.2) is 0 Å². The average molecular weight is 186 g/mol. The molecule has 0 rings (SSSR count). The summed E-state index contributed by atoms with van der Waals surface area (Å²) in [5.41, 5.74) is 0. The molecule has 0 radical (unpaired) electrons. The van der Waals surface area contributed by atoms with Gasteiger partial charge >= 0.3 is 0 Å². The molecule has 0 aliphatic heterocycles. The molecule has 0 heterocycles. The maximum Gasteiger partial charge on any atom is 0.0702 e. The van der Waals surface area contributed by atoms with E-state index in [-0.39, 0.29) is 0 Å². The maximum atomic E-state index is 3.06. The highest BCUT2D eigenvalue weighted by molar-refractivity contribution is 5.15. The van der Waals surface area contributed by atoms with Gasteiger partial charge in [-0.3, -0.25) is 0 Å². The van der Waals surface area contributed by atoms with Crippen molar-refractivity contribution in [2.45, 2.75) is 52.4 Å². The predicted molar refractivity (Wildman–Crippen MR) is 62.4 cm³/mol. The van der Waals surface area contributed by atoms with Gasteiger partial charge in [-0.15, -0.1) is 11.8 Å². The third-order valence-electron chi connectivity index (χ3n) is 1.48. The first-order chi connectivity index (χ1) is 6.91. The van der Waals surface area contributed by atoms with Crippen molar-refractivity contribution >= 4 is 0 Å². The highest BCUT2D eigenvalue weighted by atomic mass is 13.8. The average Bonchev–Trinajstić information content (AvgIpc) is 2.21. The molecule has 0 fully saturated rings. The lowest BCUT2D eigenvalue weighted by Crippen LogP contribution is -1.65. The van der Waals surface area contributed by atoms with Crippen molar-refractivity contribution in [3.8, 4) is 35.5 Å². The van der Waals surface area contributed by atoms with Gasteiger partial charge in [0.15, 0.2) is 0 Å². The van der Waals surface area contributed by atoms with Crippen LogP contribution in [0.4, 0.5) is 0 Å². The molecule has 74 valence electrons. The Bertz CT molecular complexity index is 260. The fraction of sp³-hybridized carbons (Fsp3) is 0.571. The van der Waals surface area contributed by atoms with Crippen molar-refractivity contribution < 1.29 is 0 Å². The first-order valence-electron chi connectivity index (χ1n) is 5.29. The molecule has 0 aromatic carbocycles. The van der Waals surface area contributed by atoms with Crippen LogP contribution in [0, 0.1) is 35.5 Å². The minimum Gasteiger partial charge on any atom is -0.102 e. The van der Waals surface area contributed by atoms with E-state index in [2.05, 4.69) is 49.4 Å². The van der Waals surface area contributed by atoms with Gasteiger partial charge in [-0.1, -0.05) is 37.5 Å². The third-order valence-corrected chi connectivity index (χ3v) is 1.48. The minimum atomic E-state index is 0.690. The Balaban J connectivity index is 3.47.